The van der Waals surface area contributed by atoms with Crippen LogP contribution in [-0.2, 0) is 6.42 Å². The molecule has 0 spiro atoms. The van der Waals surface area contributed by atoms with Crippen LogP contribution >= 0.6 is 15.9 Å². The van der Waals surface area contributed by atoms with Gasteiger partial charge in [-0.25, -0.2) is 9.18 Å². The van der Waals surface area contributed by atoms with E-state index in [9.17, 15) is 14.0 Å². The maximum absolute atomic E-state index is 13.6. The Bertz CT molecular complexity index is 1000. The molecular formula is C18H14BrFN2O3. The van der Waals surface area contributed by atoms with Crippen molar-refractivity contribution in [1.29, 1.82) is 0 Å². The molecule has 2 N–H and O–H groups in total. The molecule has 0 atom stereocenters. The fourth-order valence-corrected chi connectivity index (χ4v) is 3.49. The Morgan fingerprint density at radius 2 is 1.92 bits per heavy atom. The smallest absolute Gasteiger partial charge is 0.404 e. The number of pyridine rings is 2. The van der Waals surface area contributed by atoms with Crippen LogP contribution < -0.4 is 10.9 Å². The minimum Gasteiger partial charge on any atom is -0.465 e. The molecular weight excluding hydrogens is 391 g/mol. The number of hydrogen-bond acceptors (Lipinski definition) is 2. The van der Waals surface area contributed by atoms with E-state index in [-0.39, 0.29) is 12.1 Å². The summed E-state index contributed by atoms with van der Waals surface area (Å²) in [6, 6.07) is 11.8. The molecule has 0 unspecified atom stereocenters. The lowest BCUT2D eigenvalue weighted by Crippen LogP contribution is -2.25. The highest BCUT2D eigenvalue weighted by molar-refractivity contribution is 9.10. The topological polar surface area (TPSA) is 70.8 Å². The highest BCUT2D eigenvalue weighted by Gasteiger charge is 2.18. The fraction of sp³-hybridized carbons (Fsp3) is 0.111. The second-order valence-corrected chi connectivity index (χ2v) is 6.22. The molecule has 1 amide bonds. The van der Waals surface area contributed by atoms with Crippen molar-refractivity contribution < 1.29 is 14.3 Å². The van der Waals surface area contributed by atoms with Crippen LogP contribution in [0.15, 0.2) is 57.9 Å². The van der Waals surface area contributed by atoms with Gasteiger partial charge >= 0.3 is 6.09 Å². The molecule has 0 fully saturated rings. The van der Waals surface area contributed by atoms with Crippen LogP contribution in [0.4, 0.5) is 9.18 Å². The molecule has 5 nitrogen and oxygen atoms in total. The van der Waals surface area contributed by atoms with Crippen molar-refractivity contribution in [3.8, 4) is 11.1 Å². The van der Waals surface area contributed by atoms with Crippen molar-refractivity contribution in [2.75, 3.05) is 6.54 Å². The van der Waals surface area contributed by atoms with Crippen LogP contribution in [0, 0.1) is 5.82 Å². The molecule has 0 radical (unpaired) electrons. The molecule has 0 saturated carbocycles. The summed E-state index contributed by atoms with van der Waals surface area (Å²) in [4.78, 5) is 23.7. The number of carboxylic acid groups (broad SMARTS) is 1. The van der Waals surface area contributed by atoms with Gasteiger partial charge in [0.1, 0.15) is 5.82 Å². The summed E-state index contributed by atoms with van der Waals surface area (Å²) in [5.74, 6) is -0.513. The number of benzene rings is 1. The summed E-state index contributed by atoms with van der Waals surface area (Å²) in [6.45, 7) is 0.157. The number of fused-ring (bicyclic) bond motifs is 1. The Morgan fingerprint density at radius 1 is 1.20 bits per heavy atom. The summed E-state index contributed by atoms with van der Waals surface area (Å²) >= 11 is 3.50. The summed E-state index contributed by atoms with van der Waals surface area (Å²) in [6.07, 6.45) is 0.339. The first-order valence-electron chi connectivity index (χ1n) is 7.53. The molecule has 25 heavy (non-hydrogen) atoms. The van der Waals surface area contributed by atoms with Crippen LogP contribution in [0.25, 0.3) is 16.6 Å². The van der Waals surface area contributed by atoms with Gasteiger partial charge in [0.25, 0.3) is 5.56 Å². The van der Waals surface area contributed by atoms with E-state index in [0.29, 0.717) is 33.1 Å². The Morgan fingerprint density at radius 3 is 2.60 bits per heavy atom. The molecule has 0 aliphatic rings. The van der Waals surface area contributed by atoms with Crippen molar-refractivity contribution in [2.24, 2.45) is 0 Å². The molecule has 0 saturated heterocycles. The van der Waals surface area contributed by atoms with Crippen molar-refractivity contribution in [1.82, 2.24) is 9.72 Å². The molecule has 0 aliphatic carbocycles. The number of aromatic nitrogens is 1. The summed E-state index contributed by atoms with van der Waals surface area (Å²) in [5.41, 5.74) is 1.96. The molecule has 3 rings (SSSR count). The second-order valence-electron chi connectivity index (χ2n) is 5.42. The van der Waals surface area contributed by atoms with E-state index in [0.717, 1.165) is 6.20 Å². The van der Waals surface area contributed by atoms with Gasteiger partial charge in [0.15, 0.2) is 0 Å². The standard InChI is InChI=1S/C18H14BrFN2O3/c19-16-13(8-9-21-18(24)25)15(11-4-2-1-3-5-11)17(23)22-10-12(20)6-7-14(16)22/h1-7,10,21H,8-9H2,(H,24,25). The van der Waals surface area contributed by atoms with E-state index in [1.165, 1.54) is 16.5 Å². The Balaban J connectivity index is 2.27. The molecule has 7 heteroatoms. The lowest BCUT2D eigenvalue weighted by molar-refractivity contribution is 0.194. The van der Waals surface area contributed by atoms with Crippen molar-refractivity contribution in [3.63, 3.8) is 0 Å². The van der Waals surface area contributed by atoms with E-state index >= 15 is 0 Å². The zero-order valence-electron chi connectivity index (χ0n) is 13.0. The third kappa shape index (κ3) is 3.41. The molecule has 1 aromatic carbocycles. The number of nitrogens with one attached hydrogen (secondary N) is 1. The average Bonchev–Trinajstić information content (AvgIpc) is 2.59. The molecule has 0 bridgehead atoms. The number of nitrogens with zero attached hydrogens (tertiary/aromatic N) is 1. The number of rotatable bonds is 4. The van der Waals surface area contributed by atoms with E-state index in [1.807, 2.05) is 18.2 Å². The fourth-order valence-electron chi connectivity index (χ4n) is 2.77. The first-order valence-corrected chi connectivity index (χ1v) is 8.33. The Kier molecular flexibility index (Phi) is 4.85. The van der Waals surface area contributed by atoms with Gasteiger partial charge in [0.2, 0.25) is 0 Å². The maximum atomic E-state index is 13.6. The van der Waals surface area contributed by atoms with Gasteiger partial charge in [-0.3, -0.25) is 9.20 Å². The number of carbonyl (C=O) groups is 1. The SMILES string of the molecule is O=C(O)NCCc1c(-c2ccccc2)c(=O)n2cc(F)ccc2c1Br. The molecule has 2 heterocycles. The lowest BCUT2D eigenvalue weighted by Gasteiger charge is -2.15. The molecule has 2 aromatic heterocycles. The maximum Gasteiger partial charge on any atom is 0.404 e. The Hall–Kier alpha value is -2.67. The highest BCUT2D eigenvalue weighted by atomic mass is 79.9. The highest BCUT2D eigenvalue weighted by Crippen LogP contribution is 2.30. The predicted molar refractivity (Wildman–Crippen MR) is 96.5 cm³/mol. The van der Waals surface area contributed by atoms with E-state index < -0.39 is 11.9 Å². The zero-order chi connectivity index (χ0) is 18.0. The van der Waals surface area contributed by atoms with Crippen LogP contribution in [0.3, 0.4) is 0 Å². The minimum absolute atomic E-state index is 0.157. The third-order valence-electron chi connectivity index (χ3n) is 3.85. The van der Waals surface area contributed by atoms with Crippen molar-refractivity contribution >= 4 is 27.5 Å². The normalized spacial score (nSPS) is 10.8. The van der Waals surface area contributed by atoms with Crippen molar-refractivity contribution in [3.05, 3.63) is 74.9 Å². The second kappa shape index (κ2) is 7.06. The van der Waals surface area contributed by atoms with Crippen LogP contribution in [0.2, 0.25) is 0 Å². The van der Waals surface area contributed by atoms with Gasteiger partial charge in [-0.15, -0.1) is 0 Å². The van der Waals surface area contributed by atoms with Gasteiger partial charge in [-0.1, -0.05) is 30.3 Å². The third-order valence-corrected chi connectivity index (χ3v) is 4.74. The van der Waals surface area contributed by atoms with Gasteiger partial charge in [-0.2, -0.15) is 0 Å². The monoisotopic (exact) mass is 404 g/mol. The molecule has 128 valence electrons. The van der Waals surface area contributed by atoms with Crippen LogP contribution in [-0.4, -0.2) is 22.1 Å². The number of halogens is 2. The molecule has 3 aromatic rings. The summed E-state index contributed by atoms with van der Waals surface area (Å²) in [7, 11) is 0. The summed E-state index contributed by atoms with van der Waals surface area (Å²) in [5, 5.41) is 11.1. The Labute approximate surface area is 150 Å². The lowest BCUT2D eigenvalue weighted by atomic mass is 9.98. The first-order chi connectivity index (χ1) is 12.0. The van der Waals surface area contributed by atoms with E-state index in [4.69, 9.17) is 5.11 Å². The summed E-state index contributed by atoms with van der Waals surface area (Å²) < 4.78 is 15.5. The molecule has 0 aliphatic heterocycles. The van der Waals surface area contributed by atoms with Crippen LogP contribution in [0.1, 0.15) is 5.56 Å². The number of amides is 1. The van der Waals surface area contributed by atoms with Crippen molar-refractivity contribution in [2.45, 2.75) is 6.42 Å². The zero-order valence-corrected chi connectivity index (χ0v) is 14.6. The van der Waals surface area contributed by atoms with Crippen LogP contribution in [0.5, 0.6) is 0 Å². The van der Waals surface area contributed by atoms with Gasteiger partial charge in [-0.05, 0) is 45.6 Å². The average molecular weight is 405 g/mol. The van der Waals surface area contributed by atoms with Gasteiger partial charge < -0.3 is 10.4 Å². The quantitative estimate of drug-likeness (QED) is 0.696. The van der Waals surface area contributed by atoms with E-state index in [1.54, 1.807) is 12.1 Å². The predicted octanol–water partition coefficient (Wildman–Crippen LogP) is 3.68. The van der Waals surface area contributed by atoms with Gasteiger partial charge in [0.05, 0.1) is 11.1 Å². The van der Waals surface area contributed by atoms with E-state index in [2.05, 4.69) is 21.2 Å². The minimum atomic E-state index is -1.13. The van der Waals surface area contributed by atoms with Gasteiger partial charge in [0, 0.05) is 17.2 Å². The largest absolute Gasteiger partial charge is 0.465 e. The first kappa shape index (κ1) is 17.2. The number of hydrogen-bond donors (Lipinski definition) is 2.